The highest BCUT2D eigenvalue weighted by molar-refractivity contribution is 6.43. The van der Waals surface area contributed by atoms with Crippen molar-refractivity contribution in [1.29, 1.82) is 0 Å². The normalized spacial score (nSPS) is 14.3. The van der Waals surface area contributed by atoms with E-state index in [0.717, 1.165) is 49.3 Å². The SMILES string of the molecule is CCOC(=O)c1cnc2cc(N3CCN(CC)CC3)c(OC)cc2c1Nc1cccc(Cl)c1Cl. The maximum atomic E-state index is 12.8. The molecule has 0 saturated carbocycles. The summed E-state index contributed by atoms with van der Waals surface area (Å²) in [5.74, 6) is 0.233. The molecular weight excluding hydrogens is 475 g/mol. The fourth-order valence-corrected chi connectivity index (χ4v) is 4.50. The number of methoxy groups -OCH3 is 1. The fraction of sp³-hybridized carbons (Fsp3) is 0.360. The molecule has 0 unspecified atom stereocenters. The lowest BCUT2D eigenvalue weighted by Crippen LogP contribution is -2.46. The monoisotopic (exact) mass is 502 g/mol. The molecular formula is C25H28Cl2N4O3. The molecule has 0 amide bonds. The van der Waals surface area contributed by atoms with Crippen LogP contribution in [0, 0.1) is 0 Å². The van der Waals surface area contributed by atoms with Crippen molar-refractivity contribution in [2.75, 3.05) is 56.7 Å². The molecule has 2 aromatic carbocycles. The summed E-state index contributed by atoms with van der Waals surface area (Å²) in [6, 6.07) is 9.22. The number of ether oxygens (including phenoxy) is 2. The Balaban J connectivity index is 1.83. The summed E-state index contributed by atoms with van der Waals surface area (Å²) in [6.07, 6.45) is 1.53. The average Bonchev–Trinajstić information content (AvgIpc) is 2.86. The first-order chi connectivity index (χ1) is 16.5. The third-order valence-corrected chi connectivity index (χ3v) is 6.85. The van der Waals surface area contributed by atoms with E-state index in [1.165, 1.54) is 6.20 Å². The van der Waals surface area contributed by atoms with Crippen LogP contribution < -0.4 is 15.0 Å². The van der Waals surface area contributed by atoms with Gasteiger partial charge >= 0.3 is 5.97 Å². The molecule has 0 radical (unpaired) electrons. The first-order valence-corrected chi connectivity index (χ1v) is 12.1. The largest absolute Gasteiger partial charge is 0.495 e. The van der Waals surface area contributed by atoms with E-state index < -0.39 is 5.97 Å². The highest BCUT2D eigenvalue weighted by Crippen LogP contribution is 2.40. The van der Waals surface area contributed by atoms with E-state index >= 15 is 0 Å². The van der Waals surface area contributed by atoms with Gasteiger partial charge in [-0.05, 0) is 37.7 Å². The Bertz CT molecular complexity index is 1200. The van der Waals surface area contributed by atoms with Crippen molar-refractivity contribution in [3.05, 3.63) is 52.1 Å². The summed E-state index contributed by atoms with van der Waals surface area (Å²) in [6.45, 7) is 9.03. The lowest BCUT2D eigenvalue weighted by Gasteiger charge is -2.36. The minimum atomic E-state index is -0.476. The molecule has 7 nitrogen and oxygen atoms in total. The number of aromatic nitrogens is 1. The predicted octanol–water partition coefficient (Wildman–Crippen LogP) is 5.61. The molecule has 1 aliphatic heterocycles. The molecule has 0 spiro atoms. The topological polar surface area (TPSA) is 66.9 Å². The van der Waals surface area contributed by atoms with Gasteiger partial charge in [0.15, 0.2) is 0 Å². The second kappa shape index (κ2) is 10.7. The van der Waals surface area contributed by atoms with Gasteiger partial charge in [0.2, 0.25) is 0 Å². The van der Waals surface area contributed by atoms with Gasteiger partial charge in [-0.1, -0.05) is 36.2 Å². The predicted molar refractivity (Wildman–Crippen MR) is 138 cm³/mol. The maximum absolute atomic E-state index is 12.8. The molecule has 0 atom stereocenters. The van der Waals surface area contributed by atoms with Crippen molar-refractivity contribution in [3.63, 3.8) is 0 Å². The van der Waals surface area contributed by atoms with Gasteiger partial charge in [-0.15, -0.1) is 0 Å². The highest BCUT2D eigenvalue weighted by atomic mass is 35.5. The molecule has 180 valence electrons. The number of nitrogens with one attached hydrogen (secondary N) is 1. The van der Waals surface area contributed by atoms with Crippen molar-refractivity contribution < 1.29 is 14.3 Å². The van der Waals surface area contributed by atoms with E-state index in [0.29, 0.717) is 32.7 Å². The lowest BCUT2D eigenvalue weighted by molar-refractivity contribution is 0.0527. The zero-order valence-electron chi connectivity index (χ0n) is 19.5. The second-order valence-electron chi connectivity index (χ2n) is 7.96. The number of rotatable bonds is 7. The Labute approximate surface area is 209 Å². The van der Waals surface area contributed by atoms with Gasteiger partial charge in [-0.3, -0.25) is 4.98 Å². The van der Waals surface area contributed by atoms with E-state index in [4.69, 9.17) is 32.7 Å². The first-order valence-electron chi connectivity index (χ1n) is 11.3. The number of carbonyl (C=O) groups is 1. The molecule has 0 bridgehead atoms. The average molecular weight is 503 g/mol. The molecule has 3 aromatic rings. The number of carbonyl (C=O) groups excluding carboxylic acids is 1. The number of piperazine rings is 1. The van der Waals surface area contributed by atoms with Gasteiger partial charge in [0.25, 0.3) is 0 Å². The standard InChI is InChI=1S/C25H28Cl2N4O3/c1-4-30-9-11-31(12-10-30)21-14-20-16(13-22(21)33-3)24(17(15-28-20)25(32)34-5-2)29-19-8-6-7-18(26)23(19)27/h6-8,13-15H,4-5,9-12H2,1-3H3,(H,28,29). The number of fused-ring (bicyclic) bond motifs is 1. The van der Waals surface area contributed by atoms with E-state index in [2.05, 4.69) is 27.0 Å². The van der Waals surface area contributed by atoms with Crippen molar-refractivity contribution in [3.8, 4) is 5.75 Å². The summed E-state index contributed by atoms with van der Waals surface area (Å²) in [4.78, 5) is 22.1. The van der Waals surface area contributed by atoms with Crippen LogP contribution in [0.2, 0.25) is 10.0 Å². The van der Waals surface area contributed by atoms with Crippen LogP contribution in [-0.2, 0) is 4.74 Å². The number of hydrogen-bond donors (Lipinski definition) is 1. The van der Waals surface area contributed by atoms with Crippen LogP contribution in [0.4, 0.5) is 17.1 Å². The smallest absolute Gasteiger partial charge is 0.341 e. The Hall–Kier alpha value is -2.74. The fourth-order valence-electron chi connectivity index (χ4n) is 4.16. The van der Waals surface area contributed by atoms with Crippen molar-refractivity contribution in [1.82, 2.24) is 9.88 Å². The lowest BCUT2D eigenvalue weighted by atomic mass is 10.1. The van der Waals surface area contributed by atoms with Gasteiger partial charge in [0.1, 0.15) is 11.3 Å². The molecule has 34 heavy (non-hydrogen) atoms. The van der Waals surface area contributed by atoms with Gasteiger partial charge in [-0.25, -0.2) is 4.79 Å². The maximum Gasteiger partial charge on any atom is 0.341 e. The van der Waals surface area contributed by atoms with Gasteiger partial charge in [0, 0.05) is 37.8 Å². The summed E-state index contributed by atoms with van der Waals surface area (Å²) in [7, 11) is 1.65. The third-order valence-electron chi connectivity index (χ3n) is 6.04. The van der Waals surface area contributed by atoms with Gasteiger partial charge in [-0.2, -0.15) is 0 Å². The molecule has 1 N–H and O–H groups in total. The Morgan fingerprint density at radius 1 is 1.15 bits per heavy atom. The second-order valence-corrected chi connectivity index (χ2v) is 8.74. The van der Waals surface area contributed by atoms with E-state index in [1.807, 2.05) is 12.1 Å². The van der Waals surface area contributed by atoms with Gasteiger partial charge < -0.3 is 24.6 Å². The van der Waals surface area contributed by atoms with Crippen LogP contribution in [0.5, 0.6) is 5.75 Å². The van der Waals surface area contributed by atoms with Crippen LogP contribution in [-0.4, -0.2) is 62.3 Å². The van der Waals surface area contributed by atoms with Crippen LogP contribution in [0.25, 0.3) is 10.9 Å². The van der Waals surface area contributed by atoms with Gasteiger partial charge in [0.05, 0.1) is 46.3 Å². The zero-order valence-corrected chi connectivity index (χ0v) is 21.0. The van der Waals surface area contributed by atoms with Crippen LogP contribution >= 0.6 is 23.2 Å². The van der Waals surface area contributed by atoms with Crippen molar-refractivity contribution >= 4 is 57.1 Å². The minimum Gasteiger partial charge on any atom is -0.495 e. The first kappa shape index (κ1) is 24.4. The summed E-state index contributed by atoms with van der Waals surface area (Å²) in [5.41, 5.74) is 3.12. The minimum absolute atomic E-state index is 0.250. The quantitative estimate of drug-likeness (QED) is 0.421. The van der Waals surface area contributed by atoms with Crippen molar-refractivity contribution in [2.45, 2.75) is 13.8 Å². The Kier molecular flexibility index (Phi) is 7.66. The number of pyridine rings is 1. The van der Waals surface area contributed by atoms with E-state index in [-0.39, 0.29) is 6.61 Å². The molecule has 0 aliphatic carbocycles. The summed E-state index contributed by atoms with van der Waals surface area (Å²) < 4.78 is 11.1. The highest BCUT2D eigenvalue weighted by Gasteiger charge is 2.23. The van der Waals surface area contributed by atoms with E-state index in [9.17, 15) is 4.79 Å². The molecule has 2 heterocycles. The molecule has 4 rings (SSSR count). The Morgan fingerprint density at radius 3 is 2.59 bits per heavy atom. The number of halogens is 2. The number of hydrogen-bond acceptors (Lipinski definition) is 7. The van der Waals surface area contributed by atoms with E-state index in [1.54, 1.807) is 32.2 Å². The molecule has 1 saturated heterocycles. The summed E-state index contributed by atoms with van der Waals surface area (Å²) >= 11 is 12.7. The molecule has 9 heteroatoms. The number of benzene rings is 2. The number of likely N-dealkylation sites (N-methyl/N-ethyl adjacent to an activating group) is 1. The number of anilines is 3. The Morgan fingerprint density at radius 2 is 1.91 bits per heavy atom. The summed E-state index contributed by atoms with van der Waals surface area (Å²) in [5, 5.41) is 4.78. The third kappa shape index (κ3) is 4.87. The molecule has 1 fully saturated rings. The van der Waals surface area contributed by atoms with Crippen LogP contribution in [0.3, 0.4) is 0 Å². The number of nitrogens with zero attached hydrogens (tertiary/aromatic N) is 3. The molecule has 1 aliphatic rings. The zero-order chi connectivity index (χ0) is 24.2. The van der Waals surface area contributed by atoms with Crippen LogP contribution in [0.1, 0.15) is 24.2 Å². The number of esters is 1. The van der Waals surface area contributed by atoms with Crippen molar-refractivity contribution in [2.24, 2.45) is 0 Å². The molecule has 1 aromatic heterocycles. The van der Waals surface area contributed by atoms with Crippen LogP contribution in [0.15, 0.2) is 36.5 Å².